The fraction of sp³-hybridized carbons (Fsp3) is 0.429. The fourth-order valence-corrected chi connectivity index (χ4v) is 1.27. The second-order valence-corrected chi connectivity index (χ2v) is 4.26. The summed E-state index contributed by atoms with van der Waals surface area (Å²) in [6, 6.07) is 8.98. The largest absolute Gasteiger partial charge is 0.427 e. The average Bonchev–Trinajstić information content (AvgIpc) is 2.52. The molecule has 0 amide bonds. The van der Waals surface area contributed by atoms with E-state index in [-0.39, 0.29) is 12.3 Å². The van der Waals surface area contributed by atoms with Crippen LogP contribution >= 0.6 is 0 Å². The number of ether oxygens (including phenoxy) is 1. The molecule has 0 aliphatic carbocycles. The van der Waals surface area contributed by atoms with E-state index in [4.69, 9.17) is 30.3 Å². The SMILES string of the molecule is CC(=O)Oc1ccccc1.O=C[C@H](O)[C@@H](O)[C@H](O)[C@H](O)CO. The van der Waals surface area contributed by atoms with Gasteiger partial charge in [-0.1, -0.05) is 18.2 Å². The molecule has 0 aromatic heterocycles. The molecule has 0 aliphatic heterocycles. The van der Waals surface area contributed by atoms with E-state index in [0.29, 0.717) is 5.75 Å². The van der Waals surface area contributed by atoms with Crippen LogP contribution in [0.5, 0.6) is 5.75 Å². The maximum absolute atomic E-state index is 10.4. The molecule has 8 heteroatoms. The number of hydrogen-bond donors (Lipinski definition) is 5. The number of carbonyl (C=O) groups is 2. The number of aliphatic hydroxyl groups excluding tert-OH is 5. The Balaban J connectivity index is 0.000000406. The molecule has 1 aromatic carbocycles. The summed E-state index contributed by atoms with van der Waals surface area (Å²) in [4.78, 5) is 20.3. The van der Waals surface area contributed by atoms with Crippen LogP contribution < -0.4 is 4.74 Å². The Morgan fingerprint density at radius 3 is 2.09 bits per heavy atom. The normalized spacial score (nSPS) is 15.5. The Labute approximate surface area is 127 Å². The molecule has 124 valence electrons. The molecule has 0 unspecified atom stereocenters. The standard InChI is InChI=1S/C8H8O2.C6H12O6/c1-7(9)10-8-5-3-2-4-6-8;7-1-3(9)5(11)6(12)4(10)2-8/h2-6H,1H3;1,3-6,8-12H,2H2/t;3-,4+,5+,6+/m.0/s1. The van der Waals surface area contributed by atoms with Gasteiger partial charge >= 0.3 is 5.97 Å². The van der Waals surface area contributed by atoms with Crippen LogP contribution in [0.2, 0.25) is 0 Å². The lowest BCUT2D eigenvalue weighted by Gasteiger charge is -2.22. The Morgan fingerprint density at radius 1 is 1.14 bits per heavy atom. The number of carbonyl (C=O) groups excluding carboxylic acids is 2. The molecule has 8 nitrogen and oxygen atoms in total. The molecule has 0 saturated heterocycles. The summed E-state index contributed by atoms with van der Waals surface area (Å²) in [5, 5.41) is 43.5. The van der Waals surface area contributed by atoms with Gasteiger partial charge < -0.3 is 35.1 Å². The monoisotopic (exact) mass is 316 g/mol. The van der Waals surface area contributed by atoms with E-state index < -0.39 is 31.0 Å². The highest BCUT2D eigenvalue weighted by Gasteiger charge is 2.29. The first kappa shape index (κ1) is 20.2. The van der Waals surface area contributed by atoms with Crippen molar-refractivity contribution in [3.8, 4) is 5.75 Å². The minimum absolute atomic E-state index is 0.0258. The van der Waals surface area contributed by atoms with Gasteiger partial charge in [-0.25, -0.2) is 0 Å². The quantitative estimate of drug-likeness (QED) is 0.236. The second kappa shape index (κ2) is 10.8. The third-order valence-corrected chi connectivity index (χ3v) is 2.43. The Hall–Kier alpha value is -1.84. The number of esters is 1. The summed E-state index contributed by atoms with van der Waals surface area (Å²) in [7, 11) is 0. The van der Waals surface area contributed by atoms with Crippen LogP contribution in [0.1, 0.15) is 6.92 Å². The molecule has 0 fully saturated rings. The first-order valence-corrected chi connectivity index (χ1v) is 6.35. The van der Waals surface area contributed by atoms with Crippen molar-refractivity contribution in [3.05, 3.63) is 30.3 Å². The summed E-state index contributed by atoms with van der Waals surface area (Å²) in [5.41, 5.74) is 0. The predicted octanol–water partition coefficient (Wildman–Crippen LogP) is -1.77. The summed E-state index contributed by atoms with van der Waals surface area (Å²) < 4.78 is 4.78. The highest BCUT2D eigenvalue weighted by molar-refractivity contribution is 5.69. The zero-order chi connectivity index (χ0) is 17.1. The molecule has 0 aliphatic rings. The van der Waals surface area contributed by atoms with E-state index in [1.165, 1.54) is 6.92 Å². The van der Waals surface area contributed by atoms with E-state index in [0.717, 1.165) is 0 Å². The van der Waals surface area contributed by atoms with Crippen molar-refractivity contribution in [2.75, 3.05) is 6.61 Å². The van der Waals surface area contributed by atoms with E-state index >= 15 is 0 Å². The first-order valence-electron chi connectivity index (χ1n) is 6.35. The van der Waals surface area contributed by atoms with Crippen LogP contribution in [0.25, 0.3) is 0 Å². The van der Waals surface area contributed by atoms with Crippen LogP contribution in [0.15, 0.2) is 30.3 Å². The van der Waals surface area contributed by atoms with Gasteiger partial charge in [0.15, 0.2) is 6.29 Å². The van der Waals surface area contributed by atoms with E-state index in [1.807, 2.05) is 18.2 Å². The third-order valence-electron chi connectivity index (χ3n) is 2.43. The van der Waals surface area contributed by atoms with Crippen molar-refractivity contribution >= 4 is 12.3 Å². The Kier molecular flexibility index (Phi) is 9.92. The molecule has 0 bridgehead atoms. The van der Waals surface area contributed by atoms with Gasteiger partial charge in [-0.15, -0.1) is 0 Å². The molecule has 1 aromatic rings. The predicted molar refractivity (Wildman–Crippen MR) is 74.9 cm³/mol. The molecule has 0 spiro atoms. The van der Waals surface area contributed by atoms with Gasteiger partial charge in [0.1, 0.15) is 30.2 Å². The van der Waals surface area contributed by atoms with E-state index in [2.05, 4.69) is 0 Å². The molecule has 0 radical (unpaired) electrons. The van der Waals surface area contributed by atoms with E-state index in [9.17, 15) is 9.59 Å². The van der Waals surface area contributed by atoms with Crippen LogP contribution in [-0.4, -0.2) is 68.8 Å². The van der Waals surface area contributed by atoms with Crippen molar-refractivity contribution in [3.63, 3.8) is 0 Å². The van der Waals surface area contributed by atoms with Crippen LogP contribution in [0.3, 0.4) is 0 Å². The number of hydrogen-bond acceptors (Lipinski definition) is 8. The first-order chi connectivity index (χ1) is 10.3. The molecule has 22 heavy (non-hydrogen) atoms. The highest BCUT2D eigenvalue weighted by Crippen LogP contribution is 2.07. The molecule has 0 heterocycles. The minimum atomic E-state index is -1.79. The highest BCUT2D eigenvalue weighted by atomic mass is 16.5. The summed E-state index contributed by atoms with van der Waals surface area (Å²) in [5.74, 6) is 0.307. The molecular weight excluding hydrogens is 296 g/mol. The van der Waals surface area contributed by atoms with Crippen molar-refractivity contribution in [2.45, 2.75) is 31.3 Å². The third kappa shape index (κ3) is 7.81. The van der Waals surface area contributed by atoms with Gasteiger partial charge in [0.25, 0.3) is 0 Å². The zero-order valence-electron chi connectivity index (χ0n) is 11.9. The maximum atomic E-state index is 10.4. The fourth-order valence-electron chi connectivity index (χ4n) is 1.27. The van der Waals surface area contributed by atoms with Gasteiger partial charge in [0.2, 0.25) is 0 Å². The van der Waals surface area contributed by atoms with Crippen molar-refractivity contribution in [1.82, 2.24) is 0 Å². The lowest BCUT2D eigenvalue weighted by Crippen LogP contribution is -2.46. The van der Waals surface area contributed by atoms with E-state index in [1.54, 1.807) is 12.1 Å². The van der Waals surface area contributed by atoms with Gasteiger partial charge in [-0.2, -0.15) is 0 Å². The maximum Gasteiger partial charge on any atom is 0.308 e. The lowest BCUT2D eigenvalue weighted by molar-refractivity contribution is -0.136. The van der Waals surface area contributed by atoms with Crippen LogP contribution in [0.4, 0.5) is 0 Å². The van der Waals surface area contributed by atoms with Gasteiger partial charge in [0, 0.05) is 6.92 Å². The molecule has 5 N–H and O–H groups in total. The van der Waals surface area contributed by atoms with Gasteiger partial charge in [0.05, 0.1) is 6.61 Å². The van der Waals surface area contributed by atoms with Crippen molar-refractivity contribution < 1.29 is 39.9 Å². The number of para-hydroxylation sites is 1. The van der Waals surface area contributed by atoms with Crippen molar-refractivity contribution in [1.29, 1.82) is 0 Å². The molecule has 1 rings (SSSR count). The second-order valence-electron chi connectivity index (χ2n) is 4.26. The van der Waals surface area contributed by atoms with Gasteiger partial charge in [-0.05, 0) is 12.1 Å². The smallest absolute Gasteiger partial charge is 0.308 e. The topological polar surface area (TPSA) is 145 Å². The van der Waals surface area contributed by atoms with Crippen LogP contribution in [0, 0.1) is 0 Å². The number of rotatable bonds is 6. The Morgan fingerprint density at radius 2 is 1.68 bits per heavy atom. The zero-order valence-corrected chi connectivity index (χ0v) is 11.9. The number of aliphatic hydroxyl groups is 5. The summed E-state index contributed by atoms with van der Waals surface area (Å²) in [6.07, 6.45) is -6.84. The summed E-state index contributed by atoms with van der Waals surface area (Å²) >= 11 is 0. The average molecular weight is 316 g/mol. The Bertz CT molecular complexity index is 436. The molecule has 4 atom stereocenters. The number of aldehydes is 1. The molecule has 0 saturated carbocycles. The molecular formula is C14H20O8. The number of benzene rings is 1. The van der Waals surface area contributed by atoms with Crippen molar-refractivity contribution in [2.24, 2.45) is 0 Å². The van der Waals surface area contributed by atoms with Gasteiger partial charge in [-0.3, -0.25) is 4.79 Å². The minimum Gasteiger partial charge on any atom is -0.427 e. The lowest BCUT2D eigenvalue weighted by atomic mass is 10.0. The van der Waals surface area contributed by atoms with Crippen LogP contribution in [-0.2, 0) is 9.59 Å². The summed E-state index contributed by atoms with van der Waals surface area (Å²) in [6.45, 7) is 0.622.